The molecule has 4 nitrogen and oxygen atoms in total. The molecule has 0 atom stereocenters. The standard InChI is InChI=1S/C15H24ClN3O/c1-3-17-15-7-6-13(16)14(18-15)10-19(2)8-9-20-11-12-4-5-12/h6-7,12H,3-5,8-11H2,1-2H3,(H,17,18). The Morgan fingerprint density at radius 3 is 2.95 bits per heavy atom. The van der Waals surface area contributed by atoms with Crippen molar-refractivity contribution in [2.75, 3.05) is 38.7 Å². The Morgan fingerprint density at radius 2 is 2.25 bits per heavy atom. The van der Waals surface area contributed by atoms with Gasteiger partial charge in [-0.15, -0.1) is 0 Å². The van der Waals surface area contributed by atoms with Crippen LogP contribution in [0.1, 0.15) is 25.5 Å². The molecule has 0 aliphatic heterocycles. The molecule has 2 rings (SSSR count). The van der Waals surface area contributed by atoms with E-state index >= 15 is 0 Å². The second-order valence-electron chi connectivity index (χ2n) is 5.41. The number of rotatable bonds is 9. The Balaban J connectivity index is 1.76. The molecule has 0 spiro atoms. The number of hydrogen-bond donors (Lipinski definition) is 1. The first-order valence-corrected chi connectivity index (χ1v) is 7.72. The Bertz CT molecular complexity index is 424. The minimum absolute atomic E-state index is 0.720. The van der Waals surface area contributed by atoms with Gasteiger partial charge in [0.2, 0.25) is 0 Å². The summed E-state index contributed by atoms with van der Waals surface area (Å²) < 4.78 is 5.65. The van der Waals surface area contributed by atoms with Crippen LogP contribution in [0.2, 0.25) is 5.02 Å². The zero-order valence-corrected chi connectivity index (χ0v) is 13.1. The van der Waals surface area contributed by atoms with Crippen LogP contribution in [0.15, 0.2) is 12.1 Å². The number of anilines is 1. The second kappa shape index (κ2) is 7.81. The first-order chi connectivity index (χ1) is 9.69. The Labute approximate surface area is 126 Å². The van der Waals surface area contributed by atoms with E-state index in [-0.39, 0.29) is 0 Å². The number of pyridine rings is 1. The van der Waals surface area contributed by atoms with E-state index in [0.717, 1.165) is 55.3 Å². The molecule has 0 unspecified atom stereocenters. The number of aromatic nitrogens is 1. The largest absolute Gasteiger partial charge is 0.380 e. The number of ether oxygens (including phenoxy) is 1. The van der Waals surface area contributed by atoms with E-state index in [0.29, 0.717) is 0 Å². The van der Waals surface area contributed by atoms with Crippen LogP contribution in [-0.4, -0.2) is 43.2 Å². The van der Waals surface area contributed by atoms with Gasteiger partial charge < -0.3 is 10.1 Å². The topological polar surface area (TPSA) is 37.4 Å². The third kappa shape index (κ3) is 5.27. The average molecular weight is 298 g/mol. The van der Waals surface area contributed by atoms with Crippen LogP contribution in [0.3, 0.4) is 0 Å². The van der Waals surface area contributed by atoms with Crippen LogP contribution < -0.4 is 5.32 Å². The first-order valence-electron chi connectivity index (χ1n) is 7.34. The average Bonchev–Trinajstić information content (AvgIpc) is 3.23. The van der Waals surface area contributed by atoms with Gasteiger partial charge in [-0.1, -0.05) is 11.6 Å². The maximum absolute atomic E-state index is 6.20. The third-order valence-electron chi connectivity index (χ3n) is 3.36. The molecule has 1 N–H and O–H groups in total. The Morgan fingerprint density at radius 1 is 1.45 bits per heavy atom. The van der Waals surface area contributed by atoms with Gasteiger partial charge in [-0.25, -0.2) is 4.98 Å². The molecule has 5 heteroatoms. The highest BCUT2D eigenvalue weighted by Crippen LogP contribution is 2.28. The second-order valence-corrected chi connectivity index (χ2v) is 5.82. The van der Waals surface area contributed by atoms with Crippen LogP contribution in [0.5, 0.6) is 0 Å². The van der Waals surface area contributed by atoms with Gasteiger partial charge in [0, 0.05) is 26.2 Å². The molecule has 0 saturated heterocycles. The molecule has 1 aromatic heterocycles. The SMILES string of the molecule is CCNc1ccc(Cl)c(CN(C)CCOCC2CC2)n1. The van der Waals surface area contributed by atoms with E-state index in [2.05, 4.69) is 29.2 Å². The maximum atomic E-state index is 6.20. The number of nitrogens with zero attached hydrogens (tertiary/aromatic N) is 2. The van der Waals surface area contributed by atoms with Gasteiger partial charge >= 0.3 is 0 Å². The molecular formula is C15H24ClN3O. The molecule has 112 valence electrons. The molecule has 0 bridgehead atoms. The summed E-state index contributed by atoms with van der Waals surface area (Å²) in [5.41, 5.74) is 0.912. The summed E-state index contributed by atoms with van der Waals surface area (Å²) in [7, 11) is 2.07. The van der Waals surface area contributed by atoms with Gasteiger partial charge in [0.05, 0.1) is 17.3 Å². The highest BCUT2D eigenvalue weighted by atomic mass is 35.5. The maximum Gasteiger partial charge on any atom is 0.126 e. The van der Waals surface area contributed by atoms with E-state index < -0.39 is 0 Å². The van der Waals surface area contributed by atoms with Crippen LogP contribution in [0, 0.1) is 5.92 Å². The summed E-state index contributed by atoms with van der Waals surface area (Å²) in [6.45, 7) is 6.25. The van der Waals surface area contributed by atoms with Crippen LogP contribution in [-0.2, 0) is 11.3 Å². The van der Waals surface area contributed by atoms with Crippen LogP contribution >= 0.6 is 11.6 Å². The van der Waals surface area contributed by atoms with Gasteiger partial charge in [0.25, 0.3) is 0 Å². The molecule has 1 aliphatic carbocycles. The third-order valence-corrected chi connectivity index (χ3v) is 3.71. The first kappa shape index (κ1) is 15.5. The van der Waals surface area contributed by atoms with Crippen molar-refractivity contribution in [3.63, 3.8) is 0 Å². The summed E-state index contributed by atoms with van der Waals surface area (Å²) in [5, 5.41) is 3.93. The molecule has 1 aliphatic rings. The van der Waals surface area contributed by atoms with Crippen LogP contribution in [0.25, 0.3) is 0 Å². The fraction of sp³-hybridized carbons (Fsp3) is 0.667. The van der Waals surface area contributed by atoms with E-state index in [1.54, 1.807) is 0 Å². The van der Waals surface area contributed by atoms with Crippen molar-refractivity contribution in [2.24, 2.45) is 5.92 Å². The zero-order valence-electron chi connectivity index (χ0n) is 12.4. The molecular weight excluding hydrogens is 274 g/mol. The van der Waals surface area contributed by atoms with Crippen molar-refractivity contribution in [1.82, 2.24) is 9.88 Å². The molecule has 0 radical (unpaired) electrons. The quantitative estimate of drug-likeness (QED) is 0.711. The molecule has 1 heterocycles. The Hall–Kier alpha value is -0.840. The summed E-state index contributed by atoms with van der Waals surface area (Å²) in [4.78, 5) is 6.73. The van der Waals surface area contributed by atoms with Crippen molar-refractivity contribution in [3.05, 3.63) is 22.8 Å². The molecule has 1 aromatic rings. The predicted molar refractivity (Wildman–Crippen MR) is 83.3 cm³/mol. The van der Waals surface area contributed by atoms with E-state index in [1.807, 2.05) is 12.1 Å². The van der Waals surface area contributed by atoms with Crippen molar-refractivity contribution < 1.29 is 4.74 Å². The summed E-state index contributed by atoms with van der Waals surface area (Å²) in [6.07, 6.45) is 2.68. The molecule has 1 saturated carbocycles. The van der Waals surface area contributed by atoms with E-state index in [9.17, 15) is 0 Å². The minimum Gasteiger partial charge on any atom is -0.380 e. The normalized spacial score (nSPS) is 14.8. The number of hydrogen-bond acceptors (Lipinski definition) is 4. The molecule has 1 fully saturated rings. The lowest BCUT2D eigenvalue weighted by molar-refractivity contribution is 0.101. The lowest BCUT2D eigenvalue weighted by Gasteiger charge is -2.17. The summed E-state index contributed by atoms with van der Waals surface area (Å²) in [5.74, 6) is 1.71. The summed E-state index contributed by atoms with van der Waals surface area (Å²) in [6, 6.07) is 3.81. The number of nitrogens with one attached hydrogen (secondary N) is 1. The lowest BCUT2D eigenvalue weighted by Crippen LogP contribution is -2.24. The monoisotopic (exact) mass is 297 g/mol. The number of likely N-dealkylation sites (N-methyl/N-ethyl adjacent to an activating group) is 1. The minimum atomic E-state index is 0.720. The van der Waals surface area contributed by atoms with Gasteiger partial charge in [0.1, 0.15) is 5.82 Å². The Kier molecular flexibility index (Phi) is 6.07. The molecule has 0 amide bonds. The van der Waals surface area contributed by atoms with Crippen molar-refractivity contribution in [3.8, 4) is 0 Å². The van der Waals surface area contributed by atoms with Gasteiger partial charge in [-0.3, -0.25) is 4.90 Å². The summed E-state index contributed by atoms with van der Waals surface area (Å²) >= 11 is 6.20. The number of halogens is 1. The lowest BCUT2D eigenvalue weighted by atomic mass is 10.3. The van der Waals surface area contributed by atoms with E-state index in [1.165, 1.54) is 12.8 Å². The smallest absolute Gasteiger partial charge is 0.126 e. The molecule has 0 aromatic carbocycles. The van der Waals surface area contributed by atoms with Gasteiger partial charge in [-0.2, -0.15) is 0 Å². The fourth-order valence-corrected chi connectivity index (χ4v) is 2.13. The van der Waals surface area contributed by atoms with Crippen LogP contribution in [0.4, 0.5) is 5.82 Å². The van der Waals surface area contributed by atoms with E-state index in [4.69, 9.17) is 16.3 Å². The van der Waals surface area contributed by atoms with Crippen molar-refractivity contribution in [2.45, 2.75) is 26.3 Å². The van der Waals surface area contributed by atoms with Crippen molar-refractivity contribution in [1.29, 1.82) is 0 Å². The van der Waals surface area contributed by atoms with Gasteiger partial charge in [0.15, 0.2) is 0 Å². The predicted octanol–water partition coefficient (Wildman–Crippen LogP) is 3.03. The van der Waals surface area contributed by atoms with Gasteiger partial charge in [-0.05, 0) is 44.9 Å². The highest BCUT2D eigenvalue weighted by molar-refractivity contribution is 6.31. The zero-order chi connectivity index (χ0) is 14.4. The molecule has 20 heavy (non-hydrogen) atoms. The van der Waals surface area contributed by atoms with Crippen molar-refractivity contribution >= 4 is 17.4 Å². The fourth-order valence-electron chi connectivity index (χ4n) is 1.96. The highest BCUT2D eigenvalue weighted by Gasteiger charge is 2.21.